The molecule has 0 heterocycles. The molecule has 2 aromatic carbocycles. The second kappa shape index (κ2) is 7.79. The number of benzene rings is 2. The number of nitrogens with one attached hydrogen (secondary N) is 1. The van der Waals surface area contributed by atoms with Gasteiger partial charge in [-0.3, -0.25) is 4.79 Å². The van der Waals surface area contributed by atoms with Crippen LogP contribution in [0.4, 0.5) is 0 Å². The molecule has 112 valence electrons. The maximum absolute atomic E-state index is 11.8. The quantitative estimate of drug-likeness (QED) is 0.821. The number of rotatable bonds is 7. The van der Waals surface area contributed by atoms with Crippen molar-refractivity contribution < 1.29 is 9.90 Å². The number of aliphatic hydroxyl groups is 1. The number of hydrogen-bond acceptors (Lipinski definition) is 2. The number of amides is 1. The largest absolute Gasteiger partial charge is 0.394 e. The number of hydrogen-bond donors (Lipinski definition) is 2. The SMILES string of the molecule is CCC(CO)NC(=O)CCCc1ccc2ccccc2c1. The van der Waals surface area contributed by atoms with Gasteiger partial charge in [0, 0.05) is 6.42 Å². The monoisotopic (exact) mass is 285 g/mol. The Morgan fingerprint density at radius 1 is 1.19 bits per heavy atom. The summed E-state index contributed by atoms with van der Waals surface area (Å²) in [5, 5.41) is 14.4. The molecule has 3 heteroatoms. The zero-order chi connectivity index (χ0) is 15.1. The highest BCUT2D eigenvalue weighted by molar-refractivity contribution is 5.83. The Hall–Kier alpha value is -1.87. The van der Waals surface area contributed by atoms with E-state index in [0.717, 1.165) is 19.3 Å². The van der Waals surface area contributed by atoms with Crippen molar-refractivity contribution in [3.8, 4) is 0 Å². The molecule has 2 aromatic rings. The lowest BCUT2D eigenvalue weighted by Gasteiger charge is -2.13. The minimum Gasteiger partial charge on any atom is -0.394 e. The molecule has 0 fully saturated rings. The van der Waals surface area contributed by atoms with Crippen molar-refractivity contribution in [2.24, 2.45) is 0 Å². The fraction of sp³-hybridized carbons (Fsp3) is 0.389. The van der Waals surface area contributed by atoms with E-state index in [0.29, 0.717) is 6.42 Å². The third-order valence-electron chi connectivity index (χ3n) is 3.76. The third kappa shape index (κ3) is 4.57. The molecule has 0 spiro atoms. The highest BCUT2D eigenvalue weighted by Crippen LogP contribution is 2.17. The van der Waals surface area contributed by atoms with Gasteiger partial charge in [0.1, 0.15) is 0 Å². The molecule has 1 amide bonds. The summed E-state index contributed by atoms with van der Waals surface area (Å²) in [6.07, 6.45) is 2.98. The lowest BCUT2D eigenvalue weighted by atomic mass is 10.0. The van der Waals surface area contributed by atoms with Crippen LogP contribution in [-0.2, 0) is 11.2 Å². The van der Waals surface area contributed by atoms with Crippen molar-refractivity contribution in [2.45, 2.75) is 38.6 Å². The topological polar surface area (TPSA) is 49.3 Å². The second-order valence-electron chi connectivity index (χ2n) is 5.39. The van der Waals surface area contributed by atoms with Crippen LogP contribution in [0.15, 0.2) is 42.5 Å². The summed E-state index contributed by atoms with van der Waals surface area (Å²) < 4.78 is 0. The summed E-state index contributed by atoms with van der Waals surface area (Å²) in [6.45, 7) is 1.96. The van der Waals surface area contributed by atoms with Crippen LogP contribution in [0.3, 0.4) is 0 Å². The van der Waals surface area contributed by atoms with Crippen LogP contribution in [0.25, 0.3) is 10.8 Å². The van der Waals surface area contributed by atoms with Gasteiger partial charge in [-0.25, -0.2) is 0 Å². The van der Waals surface area contributed by atoms with E-state index in [1.54, 1.807) is 0 Å². The number of carbonyl (C=O) groups is 1. The van der Waals surface area contributed by atoms with Crippen LogP contribution in [-0.4, -0.2) is 23.7 Å². The molecule has 0 saturated carbocycles. The lowest BCUT2D eigenvalue weighted by molar-refractivity contribution is -0.122. The van der Waals surface area contributed by atoms with E-state index in [4.69, 9.17) is 5.11 Å². The number of aryl methyl sites for hydroxylation is 1. The van der Waals surface area contributed by atoms with Crippen molar-refractivity contribution >= 4 is 16.7 Å². The average molecular weight is 285 g/mol. The molecule has 0 aliphatic rings. The van der Waals surface area contributed by atoms with Crippen molar-refractivity contribution in [2.75, 3.05) is 6.61 Å². The molecule has 0 aromatic heterocycles. The summed E-state index contributed by atoms with van der Waals surface area (Å²) in [5.74, 6) is 0.0247. The highest BCUT2D eigenvalue weighted by Gasteiger charge is 2.08. The molecule has 0 aliphatic carbocycles. The van der Waals surface area contributed by atoms with Crippen molar-refractivity contribution in [1.29, 1.82) is 0 Å². The van der Waals surface area contributed by atoms with Gasteiger partial charge in [0.15, 0.2) is 0 Å². The van der Waals surface area contributed by atoms with Gasteiger partial charge in [-0.15, -0.1) is 0 Å². The van der Waals surface area contributed by atoms with Crippen molar-refractivity contribution in [1.82, 2.24) is 5.32 Å². The first-order valence-corrected chi connectivity index (χ1v) is 7.61. The minimum absolute atomic E-state index is 0.00686. The van der Waals surface area contributed by atoms with E-state index >= 15 is 0 Å². The Labute approximate surface area is 126 Å². The average Bonchev–Trinajstić information content (AvgIpc) is 2.52. The highest BCUT2D eigenvalue weighted by atomic mass is 16.3. The Kier molecular flexibility index (Phi) is 5.76. The van der Waals surface area contributed by atoms with Crippen LogP contribution < -0.4 is 5.32 Å². The Morgan fingerprint density at radius 2 is 1.95 bits per heavy atom. The maximum Gasteiger partial charge on any atom is 0.220 e. The predicted molar refractivity (Wildman–Crippen MR) is 86.2 cm³/mol. The molecular formula is C18H23NO2. The number of carbonyl (C=O) groups excluding carboxylic acids is 1. The van der Waals surface area contributed by atoms with Gasteiger partial charge in [0.05, 0.1) is 12.6 Å². The van der Waals surface area contributed by atoms with E-state index in [2.05, 4.69) is 35.6 Å². The van der Waals surface area contributed by atoms with Gasteiger partial charge in [0.2, 0.25) is 5.91 Å². The van der Waals surface area contributed by atoms with Gasteiger partial charge in [-0.2, -0.15) is 0 Å². The predicted octanol–water partition coefficient (Wildman–Crippen LogP) is 3.05. The molecule has 0 bridgehead atoms. The lowest BCUT2D eigenvalue weighted by Crippen LogP contribution is -2.36. The standard InChI is InChI=1S/C18H23NO2/c1-2-17(13-20)19-18(21)9-5-6-14-10-11-15-7-3-4-8-16(15)12-14/h3-4,7-8,10-12,17,20H,2,5-6,9,13H2,1H3,(H,19,21). The van der Waals surface area contributed by atoms with E-state index in [-0.39, 0.29) is 18.6 Å². The van der Waals surface area contributed by atoms with E-state index < -0.39 is 0 Å². The summed E-state index contributed by atoms with van der Waals surface area (Å²) in [6, 6.07) is 14.6. The molecule has 21 heavy (non-hydrogen) atoms. The first kappa shape index (κ1) is 15.5. The molecule has 1 unspecified atom stereocenters. The normalized spacial score (nSPS) is 12.3. The molecule has 3 nitrogen and oxygen atoms in total. The Bertz CT molecular complexity index is 591. The van der Waals surface area contributed by atoms with Crippen LogP contribution >= 0.6 is 0 Å². The van der Waals surface area contributed by atoms with Crippen LogP contribution in [0.2, 0.25) is 0 Å². The zero-order valence-corrected chi connectivity index (χ0v) is 12.5. The smallest absolute Gasteiger partial charge is 0.220 e. The van der Waals surface area contributed by atoms with Crippen LogP contribution in [0.1, 0.15) is 31.7 Å². The zero-order valence-electron chi connectivity index (χ0n) is 12.5. The van der Waals surface area contributed by atoms with E-state index in [1.807, 2.05) is 19.1 Å². The Balaban J connectivity index is 1.83. The van der Waals surface area contributed by atoms with Crippen LogP contribution in [0.5, 0.6) is 0 Å². The summed E-state index contributed by atoms with van der Waals surface area (Å²) in [7, 11) is 0. The molecule has 0 saturated heterocycles. The first-order valence-electron chi connectivity index (χ1n) is 7.61. The molecule has 0 aliphatic heterocycles. The van der Waals surface area contributed by atoms with E-state index in [1.165, 1.54) is 16.3 Å². The molecule has 1 atom stereocenters. The van der Waals surface area contributed by atoms with E-state index in [9.17, 15) is 4.79 Å². The number of fused-ring (bicyclic) bond motifs is 1. The van der Waals surface area contributed by atoms with Gasteiger partial charge >= 0.3 is 0 Å². The second-order valence-corrected chi connectivity index (χ2v) is 5.39. The molecule has 2 N–H and O–H groups in total. The summed E-state index contributed by atoms with van der Waals surface area (Å²) >= 11 is 0. The van der Waals surface area contributed by atoms with Gasteiger partial charge in [-0.1, -0.05) is 49.4 Å². The molecule has 0 radical (unpaired) electrons. The van der Waals surface area contributed by atoms with Crippen molar-refractivity contribution in [3.05, 3.63) is 48.0 Å². The third-order valence-corrected chi connectivity index (χ3v) is 3.76. The van der Waals surface area contributed by atoms with Crippen LogP contribution in [0, 0.1) is 0 Å². The summed E-state index contributed by atoms with van der Waals surface area (Å²) in [5.41, 5.74) is 1.26. The maximum atomic E-state index is 11.8. The molecular weight excluding hydrogens is 262 g/mol. The first-order chi connectivity index (χ1) is 10.2. The van der Waals surface area contributed by atoms with Gasteiger partial charge < -0.3 is 10.4 Å². The summed E-state index contributed by atoms with van der Waals surface area (Å²) in [4.78, 5) is 11.8. The molecule has 2 rings (SSSR count). The fourth-order valence-electron chi connectivity index (χ4n) is 2.42. The number of aliphatic hydroxyl groups excluding tert-OH is 1. The minimum atomic E-state index is -0.113. The Morgan fingerprint density at radius 3 is 2.67 bits per heavy atom. The fourth-order valence-corrected chi connectivity index (χ4v) is 2.42. The van der Waals surface area contributed by atoms with Crippen molar-refractivity contribution in [3.63, 3.8) is 0 Å². The van der Waals surface area contributed by atoms with Gasteiger partial charge in [0.25, 0.3) is 0 Å². The van der Waals surface area contributed by atoms with Gasteiger partial charge in [-0.05, 0) is 35.6 Å².